The number of thioether (sulfide) groups is 1. The van der Waals surface area contributed by atoms with Gasteiger partial charge in [-0.05, 0) is 42.5 Å². The van der Waals surface area contributed by atoms with E-state index in [2.05, 4.69) is 20.6 Å². The molecule has 32 heavy (non-hydrogen) atoms. The molecule has 0 aliphatic heterocycles. The van der Waals surface area contributed by atoms with E-state index in [0.29, 0.717) is 16.9 Å². The first-order chi connectivity index (χ1) is 15.5. The summed E-state index contributed by atoms with van der Waals surface area (Å²) in [4.78, 5) is 36.5. The number of nitrogens with zero attached hydrogens (tertiary/aromatic N) is 3. The van der Waals surface area contributed by atoms with Gasteiger partial charge in [0.1, 0.15) is 11.3 Å². The van der Waals surface area contributed by atoms with Crippen LogP contribution in [0.25, 0.3) is 16.8 Å². The molecule has 0 aliphatic carbocycles. The smallest absolute Gasteiger partial charge is 0.339 e. The number of amides is 1. The fourth-order valence-corrected chi connectivity index (χ4v) is 3.65. The molecule has 0 unspecified atom stereocenters. The van der Waals surface area contributed by atoms with E-state index < -0.39 is 17.4 Å². The van der Waals surface area contributed by atoms with Gasteiger partial charge in [0.05, 0.1) is 29.8 Å². The Morgan fingerprint density at radius 3 is 2.69 bits per heavy atom. The van der Waals surface area contributed by atoms with Crippen LogP contribution in [0.1, 0.15) is 10.4 Å². The summed E-state index contributed by atoms with van der Waals surface area (Å²) in [6.07, 6.45) is 0. The highest BCUT2D eigenvalue weighted by atomic mass is 32.2. The van der Waals surface area contributed by atoms with Gasteiger partial charge in [-0.3, -0.25) is 9.59 Å². The van der Waals surface area contributed by atoms with Gasteiger partial charge < -0.3 is 10.1 Å². The standard InChI is InChI=1S/C21H16FN5O4S/c1-31-20(30)14-4-2-3-5-15(14)23-18(28)11-32-21-25-24-19(29)17-10-16(26-27(17)21)12-6-8-13(22)9-7-12/h2-10H,11H2,1H3,(H,23,28)(H,24,29). The van der Waals surface area contributed by atoms with Crippen LogP contribution in [0.15, 0.2) is 64.5 Å². The van der Waals surface area contributed by atoms with Crippen LogP contribution in [0, 0.1) is 5.82 Å². The SMILES string of the molecule is COC(=O)c1ccccc1NC(=O)CSc1n[nH]c(=O)c2cc(-c3ccc(F)cc3)nn12. The minimum absolute atomic E-state index is 0.0601. The van der Waals surface area contributed by atoms with Gasteiger partial charge in [-0.25, -0.2) is 18.8 Å². The van der Waals surface area contributed by atoms with Crippen molar-refractivity contribution in [1.29, 1.82) is 0 Å². The number of ether oxygens (including phenoxy) is 1. The van der Waals surface area contributed by atoms with Crippen molar-refractivity contribution < 1.29 is 18.7 Å². The van der Waals surface area contributed by atoms with Crippen LogP contribution < -0.4 is 10.9 Å². The third-order valence-corrected chi connectivity index (χ3v) is 5.38. The molecule has 1 amide bonds. The molecule has 0 saturated heterocycles. The molecular formula is C21H16FN5O4S. The summed E-state index contributed by atoms with van der Waals surface area (Å²) >= 11 is 1.05. The van der Waals surface area contributed by atoms with Crippen LogP contribution in [0.2, 0.25) is 0 Å². The highest BCUT2D eigenvalue weighted by Crippen LogP contribution is 2.22. The van der Waals surface area contributed by atoms with E-state index in [1.54, 1.807) is 42.5 Å². The lowest BCUT2D eigenvalue weighted by atomic mass is 10.1. The molecule has 0 atom stereocenters. The van der Waals surface area contributed by atoms with Crippen LogP contribution in [-0.2, 0) is 9.53 Å². The topological polar surface area (TPSA) is 118 Å². The average Bonchev–Trinajstić information content (AvgIpc) is 3.25. The van der Waals surface area contributed by atoms with Crippen LogP contribution in [0.3, 0.4) is 0 Å². The zero-order valence-corrected chi connectivity index (χ0v) is 17.5. The number of fused-ring (bicyclic) bond motifs is 1. The van der Waals surface area contributed by atoms with Crippen molar-refractivity contribution in [2.24, 2.45) is 0 Å². The second-order valence-corrected chi connectivity index (χ2v) is 7.49. The van der Waals surface area contributed by atoms with Gasteiger partial charge in [0.25, 0.3) is 5.56 Å². The number of para-hydroxylation sites is 1. The lowest BCUT2D eigenvalue weighted by Crippen LogP contribution is -2.18. The van der Waals surface area contributed by atoms with Gasteiger partial charge in [0, 0.05) is 5.56 Å². The Bertz CT molecular complexity index is 1370. The molecule has 11 heteroatoms. The molecule has 0 saturated carbocycles. The summed E-state index contributed by atoms with van der Waals surface area (Å²) in [6.45, 7) is 0. The maximum atomic E-state index is 13.2. The van der Waals surface area contributed by atoms with Gasteiger partial charge in [-0.15, -0.1) is 5.10 Å². The van der Waals surface area contributed by atoms with Crippen LogP contribution in [0.5, 0.6) is 0 Å². The number of rotatable bonds is 6. The van der Waals surface area contributed by atoms with Crippen molar-refractivity contribution >= 4 is 34.8 Å². The number of halogens is 1. The summed E-state index contributed by atoms with van der Waals surface area (Å²) in [5, 5.41) is 13.7. The van der Waals surface area contributed by atoms with Gasteiger partial charge >= 0.3 is 5.97 Å². The molecule has 0 fully saturated rings. The van der Waals surface area contributed by atoms with E-state index in [1.165, 1.54) is 23.8 Å². The van der Waals surface area contributed by atoms with Crippen molar-refractivity contribution in [3.63, 3.8) is 0 Å². The summed E-state index contributed by atoms with van der Waals surface area (Å²) in [6, 6.07) is 13.7. The van der Waals surface area contributed by atoms with E-state index in [1.807, 2.05) is 0 Å². The lowest BCUT2D eigenvalue weighted by Gasteiger charge is -2.09. The highest BCUT2D eigenvalue weighted by molar-refractivity contribution is 7.99. The maximum absolute atomic E-state index is 13.2. The Kier molecular flexibility index (Phi) is 5.99. The van der Waals surface area contributed by atoms with Crippen LogP contribution in [-0.4, -0.2) is 44.6 Å². The molecule has 2 aromatic carbocycles. The zero-order valence-electron chi connectivity index (χ0n) is 16.7. The van der Waals surface area contributed by atoms with Gasteiger partial charge in [-0.1, -0.05) is 23.9 Å². The quantitative estimate of drug-likeness (QED) is 0.340. The predicted octanol–water partition coefficient (Wildman–Crippen LogP) is 2.74. The Labute approximate surface area is 184 Å². The molecule has 2 heterocycles. The predicted molar refractivity (Wildman–Crippen MR) is 116 cm³/mol. The third-order valence-electron chi connectivity index (χ3n) is 4.46. The highest BCUT2D eigenvalue weighted by Gasteiger charge is 2.16. The number of benzene rings is 2. The number of hydrogen-bond acceptors (Lipinski definition) is 7. The Morgan fingerprint density at radius 2 is 1.94 bits per heavy atom. The first-order valence-corrected chi connectivity index (χ1v) is 10.3. The van der Waals surface area contributed by atoms with Gasteiger partial charge in [0.15, 0.2) is 0 Å². The van der Waals surface area contributed by atoms with Crippen LogP contribution in [0.4, 0.5) is 10.1 Å². The lowest BCUT2D eigenvalue weighted by molar-refractivity contribution is -0.113. The van der Waals surface area contributed by atoms with E-state index in [9.17, 15) is 18.8 Å². The Morgan fingerprint density at radius 1 is 1.19 bits per heavy atom. The molecule has 2 N–H and O–H groups in total. The summed E-state index contributed by atoms with van der Waals surface area (Å²) in [5.74, 6) is -1.40. The number of anilines is 1. The number of esters is 1. The molecule has 0 aliphatic rings. The van der Waals surface area contributed by atoms with Crippen molar-refractivity contribution in [3.8, 4) is 11.3 Å². The van der Waals surface area contributed by atoms with E-state index in [-0.39, 0.29) is 27.8 Å². The van der Waals surface area contributed by atoms with Crippen molar-refractivity contribution in [1.82, 2.24) is 19.8 Å². The molecule has 4 aromatic rings. The number of methoxy groups -OCH3 is 1. The van der Waals surface area contributed by atoms with Crippen molar-refractivity contribution in [3.05, 3.63) is 76.3 Å². The van der Waals surface area contributed by atoms with E-state index in [4.69, 9.17) is 4.74 Å². The number of nitrogens with one attached hydrogen (secondary N) is 2. The molecule has 0 bridgehead atoms. The molecule has 0 radical (unpaired) electrons. The Balaban J connectivity index is 1.54. The molecule has 9 nitrogen and oxygen atoms in total. The monoisotopic (exact) mass is 453 g/mol. The molecule has 0 spiro atoms. The number of aromatic nitrogens is 4. The number of H-pyrrole nitrogens is 1. The normalized spacial score (nSPS) is 10.8. The number of carbonyl (C=O) groups is 2. The zero-order chi connectivity index (χ0) is 22.7. The fraction of sp³-hybridized carbons (Fsp3) is 0.0952. The average molecular weight is 453 g/mol. The molecular weight excluding hydrogens is 437 g/mol. The maximum Gasteiger partial charge on any atom is 0.339 e. The summed E-state index contributed by atoms with van der Waals surface area (Å²) < 4.78 is 19.3. The Hall–Kier alpha value is -3.99. The van der Waals surface area contributed by atoms with Gasteiger partial charge in [0.2, 0.25) is 11.1 Å². The van der Waals surface area contributed by atoms with E-state index >= 15 is 0 Å². The minimum atomic E-state index is -0.567. The van der Waals surface area contributed by atoms with E-state index in [0.717, 1.165) is 11.8 Å². The van der Waals surface area contributed by atoms with Crippen LogP contribution >= 0.6 is 11.8 Å². The first-order valence-electron chi connectivity index (χ1n) is 9.30. The minimum Gasteiger partial charge on any atom is -0.465 e. The first kappa shape index (κ1) is 21.2. The summed E-state index contributed by atoms with van der Waals surface area (Å²) in [5.41, 5.74) is 1.42. The van der Waals surface area contributed by atoms with Crippen molar-refractivity contribution in [2.75, 3.05) is 18.2 Å². The second-order valence-electron chi connectivity index (χ2n) is 6.54. The second kappa shape index (κ2) is 9.02. The number of carbonyl (C=O) groups excluding carboxylic acids is 2. The fourth-order valence-electron chi connectivity index (χ4n) is 2.94. The summed E-state index contributed by atoms with van der Waals surface area (Å²) in [7, 11) is 1.26. The number of hydrogen-bond donors (Lipinski definition) is 2. The third kappa shape index (κ3) is 4.37. The van der Waals surface area contributed by atoms with Crippen molar-refractivity contribution in [2.45, 2.75) is 5.16 Å². The molecule has 162 valence electrons. The number of aromatic amines is 1. The largest absolute Gasteiger partial charge is 0.465 e. The van der Waals surface area contributed by atoms with Gasteiger partial charge in [-0.2, -0.15) is 5.10 Å². The molecule has 2 aromatic heterocycles. The molecule has 4 rings (SSSR count).